The second-order valence-electron chi connectivity index (χ2n) is 7.03. The predicted molar refractivity (Wildman–Crippen MR) is 113 cm³/mol. The standard InChI is InChI=1S/C20H20F5N5S/c21-16-8-18(17(22)7-13(16)10-28-29-19(26)31)30-6-5-14(11-30)27-9-12-3-1-2-4-15(12)20(23,24)25/h1-4,7-8,10,14,27H,5-6,9,11H2,(H3,26,29,31)/t14-/m1/s1. The van der Waals surface area contributed by atoms with E-state index >= 15 is 0 Å². The van der Waals surface area contributed by atoms with Crippen molar-refractivity contribution >= 4 is 29.2 Å². The zero-order valence-corrected chi connectivity index (χ0v) is 17.0. The topological polar surface area (TPSA) is 65.7 Å². The Kier molecular flexibility index (Phi) is 7.06. The summed E-state index contributed by atoms with van der Waals surface area (Å²) in [6.07, 6.45) is -2.79. The summed E-state index contributed by atoms with van der Waals surface area (Å²) in [6.45, 7) is 0.794. The maximum absolute atomic E-state index is 14.5. The molecule has 1 atom stereocenters. The molecule has 0 radical (unpaired) electrons. The smallest absolute Gasteiger partial charge is 0.375 e. The first kappa shape index (κ1) is 22.9. The molecule has 3 rings (SSSR count). The second-order valence-corrected chi connectivity index (χ2v) is 7.47. The summed E-state index contributed by atoms with van der Waals surface area (Å²) in [5.41, 5.74) is 6.91. The number of hydrogen-bond donors (Lipinski definition) is 3. The minimum Gasteiger partial charge on any atom is -0.375 e. The fraction of sp³-hybridized carbons (Fsp3) is 0.300. The number of rotatable bonds is 6. The summed E-state index contributed by atoms with van der Waals surface area (Å²) in [5.74, 6) is -1.32. The molecule has 0 aliphatic carbocycles. The van der Waals surface area contributed by atoms with Crippen LogP contribution in [0.25, 0.3) is 0 Å². The molecule has 166 valence electrons. The van der Waals surface area contributed by atoms with Crippen LogP contribution in [-0.2, 0) is 12.7 Å². The summed E-state index contributed by atoms with van der Waals surface area (Å²) < 4.78 is 68.3. The number of nitrogens with one attached hydrogen (secondary N) is 2. The Morgan fingerprint density at radius 2 is 1.97 bits per heavy atom. The number of nitrogens with zero attached hydrogens (tertiary/aromatic N) is 2. The largest absolute Gasteiger partial charge is 0.416 e. The van der Waals surface area contributed by atoms with Crippen LogP contribution in [0.3, 0.4) is 0 Å². The van der Waals surface area contributed by atoms with E-state index in [0.717, 1.165) is 24.4 Å². The van der Waals surface area contributed by atoms with Gasteiger partial charge in [0, 0.05) is 37.3 Å². The zero-order chi connectivity index (χ0) is 22.6. The van der Waals surface area contributed by atoms with Gasteiger partial charge in [-0.1, -0.05) is 18.2 Å². The van der Waals surface area contributed by atoms with Crippen molar-refractivity contribution in [2.24, 2.45) is 10.8 Å². The molecule has 0 bridgehead atoms. The molecule has 2 aromatic carbocycles. The van der Waals surface area contributed by atoms with Gasteiger partial charge in [-0.3, -0.25) is 5.43 Å². The first-order chi connectivity index (χ1) is 14.6. The van der Waals surface area contributed by atoms with Crippen LogP contribution >= 0.6 is 12.2 Å². The van der Waals surface area contributed by atoms with E-state index in [4.69, 9.17) is 5.73 Å². The number of alkyl halides is 3. The molecule has 0 spiro atoms. The summed E-state index contributed by atoms with van der Waals surface area (Å²) in [6, 6.07) is 7.26. The monoisotopic (exact) mass is 457 g/mol. The molecular weight excluding hydrogens is 437 g/mol. The fourth-order valence-electron chi connectivity index (χ4n) is 3.41. The highest BCUT2D eigenvalue weighted by Crippen LogP contribution is 2.32. The van der Waals surface area contributed by atoms with E-state index in [1.54, 1.807) is 11.0 Å². The van der Waals surface area contributed by atoms with Crippen LogP contribution in [0.15, 0.2) is 41.5 Å². The average molecular weight is 457 g/mol. The molecule has 5 nitrogen and oxygen atoms in total. The van der Waals surface area contributed by atoms with Gasteiger partial charge >= 0.3 is 6.18 Å². The lowest BCUT2D eigenvalue weighted by Gasteiger charge is -2.21. The van der Waals surface area contributed by atoms with Crippen LogP contribution in [-0.4, -0.2) is 30.5 Å². The Morgan fingerprint density at radius 1 is 1.23 bits per heavy atom. The molecule has 1 aliphatic heterocycles. The highest BCUT2D eigenvalue weighted by atomic mass is 32.1. The van der Waals surface area contributed by atoms with Crippen LogP contribution in [0.4, 0.5) is 27.6 Å². The number of thiocarbonyl (C=S) groups is 1. The summed E-state index contributed by atoms with van der Waals surface area (Å²) >= 11 is 4.57. The second kappa shape index (κ2) is 9.56. The normalized spacial score (nSPS) is 16.8. The van der Waals surface area contributed by atoms with Crippen LogP contribution < -0.4 is 21.4 Å². The van der Waals surface area contributed by atoms with Gasteiger partial charge in [-0.05, 0) is 36.3 Å². The van der Waals surface area contributed by atoms with E-state index < -0.39 is 23.4 Å². The van der Waals surface area contributed by atoms with E-state index in [2.05, 4.69) is 28.1 Å². The van der Waals surface area contributed by atoms with Gasteiger partial charge in [-0.15, -0.1) is 0 Å². The van der Waals surface area contributed by atoms with Gasteiger partial charge in [-0.25, -0.2) is 8.78 Å². The Labute approximate surface area is 181 Å². The lowest BCUT2D eigenvalue weighted by atomic mass is 10.1. The van der Waals surface area contributed by atoms with Crippen molar-refractivity contribution in [3.05, 3.63) is 64.7 Å². The van der Waals surface area contributed by atoms with E-state index in [1.165, 1.54) is 12.1 Å². The number of halogens is 5. The lowest BCUT2D eigenvalue weighted by molar-refractivity contribution is -0.138. The first-order valence-corrected chi connectivity index (χ1v) is 9.77. The van der Waals surface area contributed by atoms with Crippen molar-refractivity contribution in [3.63, 3.8) is 0 Å². The van der Waals surface area contributed by atoms with Crippen LogP contribution in [0.2, 0.25) is 0 Å². The Bertz CT molecular complexity index is 979. The third-order valence-corrected chi connectivity index (χ3v) is 4.97. The Morgan fingerprint density at radius 3 is 2.68 bits per heavy atom. The maximum atomic E-state index is 14.5. The Hall–Kier alpha value is -2.79. The molecule has 0 amide bonds. The highest BCUT2D eigenvalue weighted by molar-refractivity contribution is 7.80. The molecule has 0 unspecified atom stereocenters. The first-order valence-electron chi connectivity index (χ1n) is 9.36. The van der Waals surface area contributed by atoms with Crippen LogP contribution in [0.5, 0.6) is 0 Å². The molecular formula is C20H20F5N5S. The van der Waals surface area contributed by atoms with Gasteiger partial charge in [0.2, 0.25) is 0 Å². The van der Waals surface area contributed by atoms with Crippen LogP contribution in [0.1, 0.15) is 23.1 Å². The van der Waals surface area contributed by atoms with Crippen molar-refractivity contribution in [3.8, 4) is 0 Å². The van der Waals surface area contributed by atoms with Gasteiger partial charge in [0.15, 0.2) is 5.11 Å². The molecule has 1 aliphatic rings. The number of anilines is 1. The molecule has 2 aromatic rings. The quantitative estimate of drug-likeness (QED) is 0.268. The van der Waals surface area contributed by atoms with E-state index in [0.29, 0.717) is 19.5 Å². The van der Waals surface area contributed by atoms with Gasteiger partial charge in [-0.2, -0.15) is 18.3 Å². The van der Waals surface area contributed by atoms with Gasteiger partial charge in [0.1, 0.15) is 11.6 Å². The summed E-state index contributed by atoms with van der Waals surface area (Å²) in [4.78, 5) is 1.65. The lowest BCUT2D eigenvalue weighted by Crippen LogP contribution is -2.33. The van der Waals surface area contributed by atoms with E-state index in [1.807, 2.05) is 0 Å². The molecule has 0 saturated carbocycles. The molecule has 0 aromatic heterocycles. The number of nitrogens with two attached hydrogens (primary N) is 1. The predicted octanol–water partition coefficient (Wildman–Crippen LogP) is 3.52. The van der Waals surface area contributed by atoms with Gasteiger partial charge in [0.25, 0.3) is 0 Å². The summed E-state index contributed by atoms with van der Waals surface area (Å²) in [7, 11) is 0. The minimum absolute atomic E-state index is 0.0242. The highest BCUT2D eigenvalue weighted by Gasteiger charge is 2.33. The summed E-state index contributed by atoms with van der Waals surface area (Å²) in [5, 5.41) is 6.58. The molecule has 1 fully saturated rings. The van der Waals surface area contributed by atoms with E-state index in [-0.39, 0.29) is 34.5 Å². The molecule has 31 heavy (non-hydrogen) atoms. The number of hydrazone groups is 1. The SMILES string of the molecule is NC(=S)NN=Cc1cc(F)c(N2CC[C@@H](NCc3ccccc3C(F)(F)F)C2)cc1F. The van der Waals surface area contributed by atoms with Crippen molar-refractivity contribution in [2.75, 3.05) is 18.0 Å². The average Bonchev–Trinajstić information content (AvgIpc) is 3.16. The van der Waals surface area contributed by atoms with Crippen molar-refractivity contribution < 1.29 is 22.0 Å². The van der Waals surface area contributed by atoms with Gasteiger partial charge in [0.05, 0.1) is 17.5 Å². The van der Waals surface area contributed by atoms with Gasteiger partial charge < -0.3 is 16.0 Å². The maximum Gasteiger partial charge on any atom is 0.416 e. The van der Waals surface area contributed by atoms with Crippen molar-refractivity contribution in [1.29, 1.82) is 0 Å². The number of hydrogen-bond acceptors (Lipinski definition) is 4. The molecule has 4 N–H and O–H groups in total. The van der Waals surface area contributed by atoms with E-state index in [9.17, 15) is 22.0 Å². The number of benzene rings is 2. The third kappa shape index (κ3) is 5.88. The molecule has 11 heteroatoms. The van der Waals surface area contributed by atoms with Crippen LogP contribution in [0, 0.1) is 11.6 Å². The minimum atomic E-state index is -4.43. The Balaban J connectivity index is 1.64. The fourth-order valence-corrected chi connectivity index (χ4v) is 3.46. The third-order valence-electron chi connectivity index (χ3n) is 4.88. The molecule has 1 saturated heterocycles. The van der Waals surface area contributed by atoms with Crippen molar-refractivity contribution in [2.45, 2.75) is 25.2 Å². The zero-order valence-electron chi connectivity index (χ0n) is 16.2. The van der Waals surface area contributed by atoms with Crippen molar-refractivity contribution in [1.82, 2.24) is 10.7 Å². The molecule has 1 heterocycles.